The molecule has 1 amide bonds. The second kappa shape index (κ2) is 8.57. The third kappa shape index (κ3) is 5.64. The largest absolute Gasteiger partial charge is 0.451 e. The van der Waals surface area contributed by atoms with E-state index in [1.807, 2.05) is 0 Å². The van der Waals surface area contributed by atoms with Gasteiger partial charge in [0.25, 0.3) is 5.91 Å². The van der Waals surface area contributed by atoms with Gasteiger partial charge in [0.15, 0.2) is 0 Å². The van der Waals surface area contributed by atoms with E-state index in [1.165, 1.54) is 6.07 Å². The average Bonchev–Trinajstić information content (AvgIpc) is 2.59. The van der Waals surface area contributed by atoms with Crippen LogP contribution in [0, 0.1) is 0 Å². The van der Waals surface area contributed by atoms with Crippen molar-refractivity contribution in [3.8, 4) is 0 Å². The number of aromatic nitrogens is 2. The summed E-state index contributed by atoms with van der Waals surface area (Å²) in [6.45, 7) is 2.26. The Balaban J connectivity index is 2.25. The van der Waals surface area contributed by atoms with Crippen LogP contribution in [0.2, 0.25) is 0 Å². The number of carbonyl (C=O) groups excluding carboxylic acids is 1. The number of rotatable bonds is 6. The fourth-order valence-electron chi connectivity index (χ4n) is 2.68. The highest BCUT2D eigenvalue weighted by atomic mass is 19.4. The van der Waals surface area contributed by atoms with E-state index in [0.29, 0.717) is 26.2 Å². The molecule has 6 nitrogen and oxygen atoms in total. The molecule has 0 radical (unpaired) electrons. The lowest BCUT2D eigenvalue weighted by molar-refractivity contribution is -0.145. The van der Waals surface area contributed by atoms with E-state index in [0.717, 1.165) is 19.3 Å². The summed E-state index contributed by atoms with van der Waals surface area (Å²) in [4.78, 5) is 22.9. The van der Waals surface area contributed by atoms with Gasteiger partial charge in [-0.1, -0.05) is 0 Å². The van der Waals surface area contributed by atoms with Crippen molar-refractivity contribution in [1.29, 1.82) is 0 Å². The van der Waals surface area contributed by atoms with E-state index in [4.69, 9.17) is 4.74 Å². The minimum Gasteiger partial charge on any atom is -0.383 e. The minimum atomic E-state index is -4.70. The second-order valence-electron chi connectivity index (χ2n) is 6.15. The van der Waals surface area contributed by atoms with Crippen LogP contribution in [-0.4, -0.2) is 66.1 Å². The summed E-state index contributed by atoms with van der Waals surface area (Å²) in [6.07, 6.45) is -1.96. The fourth-order valence-corrected chi connectivity index (χ4v) is 2.68. The Morgan fingerprint density at radius 3 is 2.56 bits per heavy atom. The molecule has 0 spiro atoms. The van der Waals surface area contributed by atoms with Gasteiger partial charge in [0.05, 0.1) is 12.3 Å². The zero-order valence-electron chi connectivity index (χ0n) is 14.5. The Bertz CT molecular complexity index is 589. The van der Waals surface area contributed by atoms with Crippen LogP contribution in [-0.2, 0) is 17.5 Å². The predicted octanol–water partition coefficient (Wildman–Crippen LogP) is 2.20. The molecule has 0 N–H and O–H groups in total. The van der Waals surface area contributed by atoms with Gasteiger partial charge in [0, 0.05) is 33.3 Å². The van der Waals surface area contributed by atoms with Crippen LogP contribution in [0.4, 0.5) is 13.2 Å². The van der Waals surface area contributed by atoms with E-state index in [9.17, 15) is 18.0 Å². The number of alkyl halides is 3. The number of hydrogen-bond donors (Lipinski definition) is 0. The lowest BCUT2D eigenvalue weighted by Crippen LogP contribution is -2.36. The molecule has 0 bridgehead atoms. The van der Waals surface area contributed by atoms with Crippen LogP contribution < -0.4 is 0 Å². The first-order valence-electron chi connectivity index (χ1n) is 8.23. The first kappa shape index (κ1) is 19.6. The summed E-state index contributed by atoms with van der Waals surface area (Å²) in [5, 5.41) is 0. The lowest BCUT2D eigenvalue weighted by Gasteiger charge is -2.26. The van der Waals surface area contributed by atoms with Crippen LogP contribution >= 0.6 is 0 Å². The van der Waals surface area contributed by atoms with E-state index in [-0.39, 0.29) is 17.9 Å². The van der Waals surface area contributed by atoms with Crippen LogP contribution in [0.1, 0.15) is 41.3 Å². The van der Waals surface area contributed by atoms with Gasteiger partial charge in [-0.25, -0.2) is 9.97 Å². The second-order valence-corrected chi connectivity index (χ2v) is 6.15. The molecule has 1 fully saturated rings. The van der Waals surface area contributed by atoms with Crippen LogP contribution in [0.25, 0.3) is 0 Å². The van der Waals surface area contributed by atoms with Crippen molar-refractivity contribution in [2.24, 2.45) is 0 Å². The number of carbonyl (C=O) groups is 1. The van der Waals surface area contributed by atoms with Crippen molar-refractivity contribution in [2.45, 2.75) is 32.0 Å². The summed E-state index contributed by atoms with van der Waals surface area (Å²) < 4.78 is 44.3. The van der Waals surface area contributed by atoms with Gasteiger partial charge in [-0.15, -0.1) is 0 Å². The maximum Gasteiger partial charge on any atom is 0.451 e. The number of halogens is 3. The third-order valence-corrected chi connectivity index (χ3v) is 4.00. The molecule has 0 unspecified atom stereocenters. The number of methoxy groups -OCH3 is 1. The molecule has 2 rings (SSSR count). The lowest BCUT2D eigenvalue weighted by atomic mass is 10.1. The molecule has 0 saturated carbocycles. The summed E-state index contributed by atoms with van der Waals surface area (Å²) in [5.41, 5.74) is -0.0272. The number of nitrogens with zero attached hydrogens (tertiary/aromatic N) is 4. The summed E-state index contributed by atoms with van der Waals surface area (Å²) in [7, 11) is 3.30. The van der Waals surface area contributed by atoms with Gasteiger partial charge in [0.2, 0.25) is 5.82 Å². The van der Waals surface area contributed by atoms with Gasteiger partial charge >= 0.3 is 6.18 Å². The van der Waals surface area contributed by atoms with Crippen LogP contribution in [0.5, 0.6) is 0 Å². The smallest absolute Gasteiger partial charge is 0.383 e. The number of hydrogen-bond acceptors (Lipinski definition) is 5. The molecule has 1 aromatic rings. The molecular formula is C16H23F3N4O2. The normalized spacial score (nSPS) is 15.7. The molecule has 25 heavy (non-hydrogen) atoms. The summed E-state index contributed by atoms with van der Waals surface area (Å²) >= 11 is 0. The van der Waals surface area contributed by atoms with Gasteiger partial charge in [0.1, 0.15) is 5.69 Å². The summed E-state index contributed by atoms with van der Waals surface area (Å²) in [6, 6.07) is 1.36. The quantitative estimate of drug-likeness (QED) is 0.778. The molecular weight excluding hydrogens is 337 g/mol. The van der Waals surface area contributed by atoms with Gasteiger partial charge in [-0.05, 0) is 32.4 Å². The zero-order chi connectivity index (χ0) is 18.4. The van der Waals surface area contributed by atoms with Gasteiger partial charge < -0.3 is 9.64 Å². The molecule has 0 aliphatic carbocycles. The topological polar surface area (TPSA) is 58.6 Å². The fraction of sp³-hybridized carbons (Fsp3) is 0.688. The molecule has 1 aliphatic rings. The Hall–Kier alpha value is -1.74. The van der Waals surface area contributed by atoms with Crippen LogP contribution in [0.15, 0.2) is 6.07 Å². The molecule has 1 aromatic heterocycles. The monoisotopic (exact) mass is 360 g/mol. The Labute approximate surface area is 145 Å². The number of amides is 1. The third-order valence-electron chi connectivity index (χ3n) is 4.00. The maximum absolute atomic E-state index is 13.1. The van der Waals surface area contributed by atoms with E-state index < -0.39 is 17.9 Å². The van der Waals surface area contributed by atoms with Gasteiger partial charge in [-0.2, -0.15) is 13.2 Å². The summed E-state index contributed by atoms with van der Waals surface area (Å²) in [5.74, 6) is -1.74. The standard InChI is InChI=1S/C16H23F3N4O2/c1-22(8-9-25-2)11-12-10-13(21-15(20-12)16(17,18)19)14(24)23-6-4-3-5-7-23/h10H,3-9,11H2,1-2H3. The first-order valence-corrected chi connectivity index (χ1v) is 8.23. The van der Waals surface area contributed by atoms with Crippen molar-refractivity contribution < 1.29 is 22.7 Å². The number of likely N-dealkylation sites (N-methyl/N-ethyl adjacent to an activating group) is 1. The highest BCUT2D eigenvalue weighted by Gasteiger charge is 2.36. The van der Waals surface area contributed by atoms with Crippen LogP contribution in [0.3, 0.4) is 0 Å². The molecule has 2 heterocycles. The highest BCUT2D eigenvalue weighted by molar-refractivity contribution is 5.92. The Kier molecular flexibility index (Phi) is 6.71. The van der Waals surface area contributed by atoms with Crippen molar-refractivity contribution in [3.63, 3.8) is 0 Å². The molecule has 9 heteroatoms. The number of piperidine rings is 1. The zero-order valence-corrected chi connectivity index (χ0v) is 14.5. The molecule has 1 saturated heterocycles. The highest BCUT2D eigenvalue weighted by Crippen LogP contribution is 2.27. The predicted molar refractivity (Wildman–Crippen MR) is 85.0 cm³/mol. The SMILES string of the molecule is COCCN(C)Cc1cc(C(=O)N2CCCCC2)nc(C(F)(F)F)n1. The number of likely N-dealkylation sites (tertiary alicyclic amines) is 1. The van der Waals surface area contributed by atoms with Crippen molar-refractivity contribution in [3.05, 3.63) is 23.3 Å². The van der Waals surface area contributed by atoms with Crippen molar-refractivity contribution in [2.75, 3.05) is 40.4 Å². The first-order chi connectivity index (χ1) is 11.8. The maximum atomic E-state index is 13.1. The van der Waals surface area contributed by atoms with Crippen molar-refractivity contribution in [1.82, 2.24) is 19.8 Å². The Morgan fingerprint density at radius 2 is 1.96 bits per heavy atom. The van der Waals surface area contributed by atoms with E-state index in [1.54, 1.807) is 24.0 Å². The molecule has 0 atom stereocenters. The van der Waals surface area contributed by atoms with E-state index >= 15 is 0 Å². The molecule has 0 aromatic carbocycles. The minimum absolute atomic E-state index is 0.168. The molecule has 140 valence electrons. The average molecular weight is 360 g/mol. The van der Waals surface area contributed by atoms with E-state index in [2.05, 4.69) is 9.97 Å². The van der Waals surface area contributed by atoms with Crippen molar-refractivity contribution >= 4 is 5.91 Å². The molecule has 1 aliphatic heterocycles. The Morgan fingerprint density at radius 1 is 1.28 bits per heavy atom. The van der Waals surface area contributed by atoms with Gasteiger partial charge in [-0.3, -0.25) is 9.69 Å². The number of ether oxygens (including phenoxy) is 1.